The van der Waals surface area contributed by atoms with Gasteiger partial charge in [0, 0.05) is 38.5 Å². The molecule has 10 rings (SSSR count). The molecule has 0 amide bonds. The largest absolute Gasteiger partial charge is 0.453 e. The summed E-state index contributed by atoms with van der Waals surface area (Å²) in [6.45, 7) is 4.26. The van der Waals surface area contributed by atoms with Crippen LogP contribution in [0.4, 0.5) is 0 Å². The van der Waals surface area contributed by atoms with E-state index in [9.17, 15) is 0 Å². The third-order valence-corrected chi connectivity index (χ3v) is 9.48. The second kappa shape index (κ2) is 8.64. The van der Waals surface area contributed by atoms with E-state index in [2.05, 4.69) is 149 Å². The van der Waals surface area contributed by atoms with Gasteiger partial charge in [-0.05, 0) is 80.6 Å². The van der Waals surface area contributed by atoms with E-state index in [1.165, 1.54) is 43.6 Å². The van der Waals surface area contributed by atoms with Gasteiger partial charge in [0.05, 0.1) is 38.8 Å². The van der Waals surface area contributed by atoms with Crippen LogP contribution in [-0.2, 0) is 5.60 Å². The lowest BCUT2D eigenvalue weighted by Gasteiger charge is -2.34. The molecule has 0 aliphatic carbocycles. The van der Waals surface area contributed by atoms with Crippen molar-refractivity contribution >= 4 is 54.6 Å². The first-order chi connectivity index (χ1) is 22.1. The Labute approximate surface area is 259 Å². The quantitative estimate of drug-likeness (QED) is 0.204. The number of hydrogen-bond acceptors (Lipinski definition) is 2. The summed E-state index contributed by atoms with van der Waals surface area (Å²) in [4.78, 5) is 4.82. The highest BCUT2D eigenvalue weighted by atomic mass is 16.5. The van der Waals surface area contributed by atoms with E-state index < -0.39 is 5.60 Å². The van der Waals surface area contributed by atoms with Crippen molar-refractivity contribution in [2.45, 2.75) is 19.4 Å². The van der Waals surface area contributed by atoms with Crippen LogP contribution in [0.15, 0.2) is 133 Å². The number of aromatic nitrogens is 4. The fourth-order valence-electron chi connectivity index (χ4n) is 7.49. The molecule has 0 fully saturated rings. The molecule has 0 unspecified atom stereocenters. The Morgan fingerprint density at radius 3 is 1.80 bits per heavy atom. The Balaban J connectivity index is 1.29. The predicted octanol–water partition coefficient (Wildman–Crippen LogP) is 9.85. The van der Waals surface area contributed by atoms with Gasteiger partial charge in [-0.15, -0.1) is 0 Å². The molecule has 0 spiro atoms. The van der Waals surface area contributed by atoms with Crippen LogP contribution in [0.1, 0.15) is 19.4 Å². The first kappa shape index (κ1) is 24.6. The van der Waals surface area contributed by atoms with Gasteiger partial charge in [-0.25, -0.2) is 0 Å². The van der Waals surface area contributed by atoms with Crippen molar-refractivity contribution in [2.24, 2.45) is 0 Å². The molecule has 0 saturated carbocycles. The topological polar surface area (TPSA) is 36.9 Å². The number of para-hydroxylation sites is 5. The number of nitrogens with zero attached hydrogens (tertiary/aromatic N) is 4. The van der Waals surface area contributed by atoms with Crippen LogP contribution in [0.3, 0.4) is 0 Å². The molecule has 9 aromatic rings. The van der Waals surface area contributed by atoms with Crippen molar-refractivity contribution in [3.8, 4) is 23.1 Å². The van der Waals surface area contributed by atoms with Gasteiger partial charge in [0.25, 0.3) is 0 Å². The van der Waals surface area contributed by atoms with E-state index in [4.69, 9.17) is 9.72 Å². The maximum Gasteiger partial charge on any atom is 0.303 e. The Morgan fingerprint density at radius 2 is 1.09 bits per heavy atom. The van der Waals surface area contributed by atoms with E-state index >= 15 is 0 Å². The van der Waals surface area contributed by atoms with Crippen molar-refractivity contribution in [3.05, 3.63) is 139 Å². The lowest BCUT2D eigenvalue weighted by molar-refractivity contribution is 0.0847. The van der Waals surface area contributed by atoms with Gasteiger partial charge in [0.1, 0.15) is 5.60 Å². The van der Waals surface area contributed by atoms with E-state index in [1.807, 2.05) is 12.1 Å². The fourth-order valence-corrected chi connectivity index (χ4v) is 7.49. The molecular weight excluding hydrogens is 552 g/mol. The molecule has 214 valence electrons. The highest BCUT2D eigenvalue weighted by Gasteiger charge is 2.35. The van der Waals surface area contributed by atoms with Crippen molar-refractivity contribution in [1.29, 1.82) is 0 Å². The molecular formula is C40H28N4O. The first-order valence-corrected chi connectivity index (χ1v) is 15.4. The van der Waals surface area contributed by atoms with E-state index in [1.54, 1.807) is 0 Å². The maximum atomic E-state index is 6.57. The molecule has 5 heteroatoms. The molecule has 0 N–H and O–H groups in total. The van der Waals surface area contributed by atoms with Crippen molar-refractivity contribution < 1.29 is 4.74 Å². The summed E-state index contributed by atoms with van der Waals surface area (Å²) < 4.78 is 13.5. The third kappa shape index (κ3) is 3.30. The van der Waals surface area contributed by atoms with Crippen LogP contribution in [0.25, 0.3) is 71.7 Å². The predicted molar refractivity (Wildman–Crippen MR) is 183 cm³/mol. The summed E-state index contributed by atoms with van der Waals surface area (Å²) >= 11 is 0. The third-order valence-electron chi connectivity index (χ3n) is 9.48. The highest BCUT2D eigenvalue weighted by molar-refractivity contribution is 6.19. The SMILES string of the molecule is CC1(C)Oc2nc3ccccc3n2-c2ccc(-n3c4ccccc4c4cc5c6ccccc6n(-c6ccccc6)c5cc43)cc21. The summed E-state index contributed by atoms with van der Waals surface area (Å²) in [5, 5.41) is 4.99. The van der Waals surface area contributed by atoms with E-state index in [-0.39, 0.29) is 0 Å². The molecule has 5 nitrogen and oxygen atoms in total. The fraction of sp³-hybridized carbons (Fsp3) is 0.0750. The average Bonchev–Trinajstić information content (AvgIpc) is 3.71. The Hall–Kier alpha value is -5.81. The average molecular weight is 581 g/mol. The second-order valence-electron chi connectivity index (χ2n) is 12.5. The van der Waals surface area contributed by atoms with Gasteiger partial charge in [-0.2, -0.15) is 4.98 Å². The Kier molecular flexibility index (Phi) is 4.73. The zero-order chi connectivity index (χ0) is 29.9. The number of benzene rings is 6. The van der Waals surface area contributed by atoms with Gasteiger partial charge in [-0.1, -0.05) is 66.7 Å². The number of hydrogen-bond donors (Lipinski definition) is 0. The maximum absolute atomic E-state index is 6.57. The van der Waals surface area contributed by atoms with Crippen molar-refractivity contribution in [1.82, 2.24) is 18.7 Å². The lowest BCUT2D eigenvalue weighted by Crippen LogP contribution is -2.32. The van der Waals surface area contributed by atoms with Gasteiger partial charge < -0.3 is 13.9 Å². The molecule has 1 aliphatic heterocycles. The van der Waals surface area contributed by atoms with Crippen LogP contribution in [0, 0.1) is 0 Å². The van der Waals surface area contributed by atoms with Crippen molar-refractivity contribution in [3.63, 3.8) is 0 Å². The molecule has 45 heavy (non-hydrogen) atoms. The molecule has 0 radical (unpaired) electrons. The van der Waals surface area contributed by atoms with Gasteiger partial charge in [0.2, 0.25) is 0 Å². The Morgan fingerprint density at radius 1 is 0.489 bits per heavy atom. The van der Waals surface area contributed by atoms with Crippen molar-refractivity contribution in [2.75, 3.05) is 0 Å². The lowest BCUT2D eigenvalue weighted by atomic mass is 9.94. The van der Waals surface area contributed by atoms with E-state index in [0.717, 1.165) is 33.7 Å². The minimum absolute atomic E-state index is 0.561. The zero-order valence-electron chi connectivity index (χ0n) is 24.9. The number of rotatable bonds is 2. The summed E-state index contributed by atoms with van der Waals surface area (Å²) in [5.74, 6) is 0. The minimum atomic E-state index is -0.561. The number of ether oxygens (including phenoxy) is 1. The molecule has 6 aromatic carbocycles. The molecule has 1 aliphatic rings. The van der Waals surface area contributed by atoms with E-state index in [0.29, 0.717) is 6.01 Å². The normalized spacial score (nSPS) is 13.9. The second-order valence-corrected chi connectivity index (χ2v) is 12.5. The van der Waals surface area contributed by atoms with Crippen LogP contribution in [0.5, 0.6) is 6.01 Å². The van der Waals surface area contributed by atoms with Crippen LogP contribution >= 0.6 is 0 Å². The summed E-state index contributed by atoms with van der Waals surface area (Å²) in [7, 11) is 0. The van der Waals surface area contributed by atoms with Gasteiger partial charge >= 0.3 is 6.01 Å². The molecule has 0 saturated heterocycles. The smallest absolute Gasteiger partial charge is 0.303 e. The summed E-state index contributed by atoms with van der Waals surface area (Å²) in [6.07, 6.45) is 0. The summed E-state index contributed by atoms with van der Waals surface area (Å²) in [5.41, 5.74) is 10.7. The molecule has 0 atom stereocenters. The monoisotopic (exact) mass is 580 g/mol. The standard InChI is InChI=1S/C40H28N4O/c1-40(2)31-22-26(20-21-35(31)44-36-19-11-8-16-32(36)41-39(44)45-40)43-34-18-10-7-15-28(34)30-23-29-27-14-6-9-17-33(27)42(37(29)24-38(30)43)25-12-4-3-5-13-25/h3-24H,1-2H3. The van der Waals surface area contributed by atoms with Gasteiger partial charge in [-0.3, -0.25) is 4.57 Å². The molecule has 0 bridgehead atoms. The first-order valence-electron chi connectivity index (χ1n) is 15.4. The minimum Gasteiger partial charge on any atom is -0.453 e. The van der Waals surface area contributed by atoms with Crippen LogP contribution in [-0.4, -0.2) is 18.7 Å². The molecule has 4 heterocycles. The number of fused-ring (bicyclic) bond motifs is 11. The molecule has 3 aromatic heterocycles. The highest BCUT2D eigenvalue weighted by Crippen LogP contribution is 2.44. The zero-order valence-corrected chi connectivity index (χ0v) is 24.9. The Bertz CT molecular complexity index is 2650. The van der Waals surface area contributed by atoms with Gasteiger partial charge in [0.15, 0.2) is 0 Å². The van der Waals surface area contributed by atoms with Crippen LogP contribution < -0.4 is 4.74 Å². The number of imidazole rings is 1. The van der Waals surface area contributed by atoms with Crippen LogP contribution in [0.2, 0.25) is 0 Å². The summed E-state index contributed by atoms with van der Waals surface area (Å²) in [6, 6.07) is 48.5.